The van der Waals surface area contributed by atoms with Crippen LogP contribution in [0.5, 0.6) is 0 Å². The summed E-state index contributed by atoms with van der Waals surface area (Å²) in [4.78, 5) is 35.9. The van der Waals surface area contributed by atoms with E-state index in [2.05, 4.69) is 25.6 Å². The highest BCUT2D eigenvalue weighted by atomic mass is 19.4. The molecule has 3 rings (SSSR count). The van der Waals surface area contributed by atoms with Crippen LogP contribution in [-0.4, -0.2) is 51.8 Å². The molecule has 12 heteroatoms. The third-order valence-corrected chi connectivity index (χ3v) is 4.90. The molecule has 0 spiro atoms. The van der Waals surface area contributed by atoms with Gasteiger partial charge in [-0.3, -0.25) is 15.1 Å². The molecule has 3 heterocycles. The molecule has 0 fully saturated rings. The molecule has 0 bridgehead atoms. The van der Waals surface area contributed by atoms with Crippen LogP contribution in [0, 0.1) is 5.92 Å². The molecule has 0 saturated carbocycles. The third-order valence-electron chi connectivity index (χ3n) is 4.90. The van der Waals surface area contributed by atoms with Crippen molar-refractivity contribution >= 4 is 34.4 Å². The van der Waals surface area contributed by atoms with Crippen LogP contribution < -0.4 is 16.0 Å². The van der Waals surface area contributed by atoms with Crippen LogP contribution in [0.3, 0.4) is 0 Å². The molecule has 0 aliphatic rings. The number of anilines is 2. The van der Waals surface area contributed by atoms with E-state index in [1.807, 2.05) is 5.32 Å². The number of alkyl halides is 3. The van der Waals surface area contributed by atoms with Crippen molar-refractivity contribution in [3.05, 3.63) is 36.9 Å². The lowest BCUT2D eigenvalue weighted by molar-refractivity contribution is -0.139. The first kappa shape index (κ1) is 25.8. The van der Waals surface area contributed by atoms with E-state index in [1.165, 1.54) is 12.4 Å². The highest BCUT2D eigenvalue weighted by Gasteiger charge is 2.30. The van der Waals surface area contributed by atoms with Crippen LogP contribution >= 0.6 is 0 Å². The van der Waals surface area contributed by atoms with Gasteiger partial charge >= 0.3 is 12.3 Å². The Balaban J connectivity index is 1.83. The van der Waals surface area contributed by atoms with Crippen LogP contribution in [0.15, 0.2) is 36.9 Å². The number of H-pyrrole nitrogens is 1. The zero-order chi connectivity index (χ0) is 25.8. The Morgan fingerprint density at radius 1 is 1.09 bits per heavy atom. The molecule has 9 nitrogen and oxygen atoms in total. The summed E-state index contributed by atoms with van der Waals surface area (Å²) in [6, 6.07) is 2.56. The van der Waals surface area contributed by atoms with E-state index in [9.17, 15) is 22.8 Å². The van der Waals surface area contributed by atoms with E-state index in [1.54, 1.807) is 52.2 Å². The van der Waals surface area contributed by atoms with Crippen LogP contribution in [0.1, 0.15) is 27.7 Å². The Labute approximate surface area is 199 Å². The molecule has 35 heavy (non-hydrogen) atoms. The van der Waals surface area contributed by atoms with Gasteiger partial charge < -0.3 is 20.4 Å². The number of pyridine rings is 2. The zero-order valence-corrected chi connectivity index (χ0v) is 19.7. The van der Waals surface area contributed by atoms with Crippen molar-refractivity contribution in [2.45, 2.75) is 46.0 Å². The first-order valence-electron chi connectivity index (χ1n) is 10.9. The summed E-state index contributed by atoms with van der Waals surface area (Å²) >= 11 is 0. The minimum atomic E-state index is -4.50. The summed E-state index contributed by atoms with van der Waals surface area (Å²) in [7, 11) is 0. The number of rotatable bonds is 8. The van der Waals surface area contributed by atoms with Crippen molar-refractivity contribution in [3.63, 3.8) is 0 Å². The van der Waals surface area contributed by atoms with Gasteiger partial charge in [0.2, 0.25) is 5.91 Å². The second-order valence-corrected chi connectivity index (χ2v) is 8.56. The van der Waals surface area contributed by atoms with Gasteiger partial charge in [0.1, 0.15) is 18.2 Å². The minimum Gasteiger partial charge on any atom is -0.447 e. The quantitative estimate of drug-likeness (QED) is 0.362. The number of fused-ring (bicyclic) bond motifs is 1. The van der Waals surface area contributed by atoms with Crippen molar-refractivity contribution in [3.8, 4) is 11.1 Å². The number of nitrogens with one attached hydrogen (secondary N) is 4. The van der Waals surface area contributed by atoms with Crippen molar-refractivity contribution in [1.82, 2.24) is 20.3 Å². The summed E-state index contributed by atoms with van der Waals surface area (Å²) in [5.74, 6) is -1.05. The van der Waals surface area contributed by atoms with E-state index in [-0.39, 0.29) is 12.0 Å². The SMILES string of the molecule is CC(C)OC(=O)Nc1cnc2[nH]cc(-c3cncc(NC(C(=O)NCC(F)(F)F)C(C)C)c3)c2c1. The second kappa shape index (κ2) is 10.6. The molecule has 0 aliphatic heterocycles. The van der Waals surface area contributed by atoms with Gasteiger partial charge in [0.05, 0.1) is 23.7 Å². The topological polar surface area (TPSA) is 121 Å². The van der Waals surface area contributed by atoms with Gasteiger partial charge in [-0.15, -0.1) is 0 Å². The Bertz CT molecular complexity index is 1190. The smallest absolute Gasteiger partial charge is 0.411 e. The van der Waals surface area contributed by atoms with Crippen molar-refractivity contribution in [2.75, 3.05) is 17.2 Å². The number of nitrogens with zero attached hydrogens (tertiary/aromatic N) is 2. The van der Waals surface area contributed by atoms with Crippen molar-refractivity contribution in [2.24, 2.45) is 5.92 Å². The molecule has 3 aromatic heterocycles. The lowest BCUT2D eigenvalue weighted by atomic mass is 10.0. The molecule has 2 amide bonds. The maximum atomic E-state index is 12.5. The fourth-order valence-electron chi connectivity index (χ4n) is 3.35. The summed E-state index contributed by atoms with van der Waals surface area (Å²) in [6.07, 6.45) is 0.933. The second-order valence-electron chi connectivity index (χ2n) is 8.56. The number of amides is 2. The van der Waals surface area contributed by atoms with Crippen LogP contribution in [0.2, 0.25) is 0 Å². The van der Waals surface area contributed by atoms with Gasteiger partial charge in [-0.2, -0.15) is 13.2 Å². The molecule has 3 aromatic rings. The molecule has 188 valence electrons. The number of hydrogen-bond donors (Lipinski definition) is 4. The highest BCUT2D eigenvalue weighted by Crippen LogP contribution is 2.30. The van der Waals surface area contributed by atoms with Gasteiger partial charge in [-0.25, -0.2) is 9.78 Å². The first-order chi connectivity index (χ1) is 16.4. The number of carbonyl (C=O) groups is 2. The summed E-state index contributed by atoms with van der Waals surface area (Å²) < 4.78 is 42.6. The number of ether oxygens (including phenoxy) is 1. The largest absolute Gasteiger partial charge is 0.447 e. The van der Waals surface area contributed by atoms with E-state index < -0.39 is 30.8 Å². The Morgan fingerprint density at radius 2 is 1.83 bits per heavy atom. The van der Waals surface area contributed by atoms with Gasteiger partial charge in [0, 0.05) is 35.1 Å². The fraction of sp³-hybridized carbons (Fsp3) is 0.391. The average Bonchev–Trinajstić information content (AvgIpc) is 3.18. The lowest BCUT2D eigenvalue weighted by Crippen LogP contribution is -2.46. The summed E-state index contributed by atoms with van der Waals surface area (Å²) in [5, 5.41) is 8.23. The molecule has 1 unspecified atom stereocenters. The van der Waals surface area contributed by atoms with E-state index >= 15 is 0 Å². The molecule has 0 radical (unpaired) electrons. The van der Waals surface area contributed by atoms with E-state index in [4.69, 9.17) is 4.74 Å². The Kier molecular flexibility index (Phi) is 7.82. The fourth-order valence-corrected chi connectivity index (χ4v) is 3.35. The first-order valence-corrected chi connectivity index (χ1v) is 10.9. The van der Waals surface area contributed by atoms with Crippen LogP contribution in [-0.2, 0) is 9.53 Å². The van der Waals surface area contributed by atoms with Gasteiger partial charge in [-0.1, -0.05) is 13.8 Å². The third kappa shape index (κ3) is 7.08. The monoisotopic (exact) mass is 492 g/mol. The normalized spacial score (nSPS) is 12.6. The number of hydrogen-bond acceptors (Lipinski definition) is 6. The molecule has 0 saturated heterocycles. The van der Waals surface area contributed by atoms with Crippen LogP contribution in [0.25, 0.3) is 22.2 Å². The molecule has 4 N–H and O–H groups in total. The number of halogens is 3. The Hall–Kier alpha value is -3.83. The van der Waals surface area contributed by atoms with E-state index in [0.29, 0.717) is 28.0 Å². The highest BCUT2D eigenvalue weighted by molar-refractivity contribution is 5.97. The standard InChI is InChI=1S/C23H27F3N6O3/c1-12(2)19(21(33)30-11-23(24,25)26)31-15-5-14(7-27-8-15)18-10-29-20-17(18)6-16(9-28-20)32-22(34)35-13(3)4/h5-10,12-13,19,31H,11H2,1-4H3,(H,28,29)(H,30,33)(H,32,34). The van der Waals surface area contributed by atoms with Crippen LogP contribution in [0.4, 0.5) is 29.3 Å². The number of aromatic nitrogens is 3. The average molecular weight is 493 g/mol. The zero-order valence-electron chi connectivity index (χ0n) is 19.7. The Morgan fingerprint density at radius 3 is 2.49 bits per heavy atom. The summed E-state index contributed by atoms with van der Waals surface area (Å²) in [6.45, 7) is 5.53. The minimum absolute atomic E-state index is 0.277. The van der Waals surface area contributed by atoms with Crippen molar-refractivity contribution in [1.29, 1.82) is 0 Å². The van der Waals surface area contributed by atoms with E-state index in [0.717, 1.165) is 5.56 Å². The lowest BCUT2D eigenvalue weighted by Gasteiger charge is -2.23. The summed E-state index contributed by atoms with van der Waals surface area (Å²) in [5.41, 5.74) is 2.87. The molecular formula is C23H27F3N6O3. The van der Waals surface area contributed by atoms with Gasteiger partial charge in [0.15, 0.2) is 0 Å². The molecule has 1 atom stereocenters. The number of aromatic amines is 1. The maximum absolute atomic E-state index is 12.5. The molecule has 0 aromatic carbocycles. The number of carbonyl (C=O) groups excluding carboxylic acids is 2. The predicted octanol–water partition coefficient (Wildman–Crippen LogP) is 4.70. The predicted molar refractivity (Wildman–Crippen MR) is 126 cm³/mol. The van der Waals surface area contributed by atoms with Gasteiger partial charge in [-0.05, 0) is 31.9 Å². The van der Waals surface area contributed by atoms with Crippen molar-refractivity contribution < 1.29 is 27.5 Å². The van der Waals surface area contributed by atoms with Gasteiger partial charge in [0.25, 0.3) is 0 Å². The maximum Gasteiger partial charge on any atom is 0.411 e. The molecule has 0 aliphatic carbocycles. The molecular weight excluding hydrogens is 465 g/mol.